The Morgan fingerprint density at radius 1 is 1.30 bits per heavy atom. The van der Waals surface area contributed by atoms with E-state index in [1.54, 1.807) is 6.07 Å². The van der Waals surface area contributed by atoms with Crippen molar-refractivity contribution in [2.75, 3.05) is 13.2 Å². The van der Waals surface area contributed by atoms with Gasteiger partial charge in [0.1, 0.15) is 18.2 Å². The number of nitrogens with one attached hydrogen (secondary N) is 1. The molecule has 1 unspecified atom stereocenters. The summed E-state index contributed by atoms with van der Waals surface area (Å²) in [6, 6.07) is 5.30. The van der Waals surface area contributed by atoms with Crippen LogP contribution in [0.5, 0.6) is 5.75 Å². The molecule has 1 aliphatic rings. The predicted octanol–water partition coefficient (Wildman–Crippen LogP) is 1.68. The zero-order valence-corrected chi connectivity index (χ0v) is 13.2. The first-order valence-electron chi connectivity index (χ1n) is 7.63. The van der Waals surface area contributed by atoms with Crippen LogP contribution in [0.1, 0.15) is 26.7 Å². The number of β-amino-alcohol motifs (C(OH)–C–C–N with tert-alkyl or cyclic N) is 1. The number of carbonyl (C=O) groups is 2. The van der Waals surface area contributed by atoms with Crippen LogP contribution in [-0.4, -0.2) is 46.7 Å². The maximum atomic E-state index is 13.4. The van der Waals surface area contributed by atoms with Gasteiger partial charge in [-0.2, -0.15) is 0 Å². The van der Waals surface area contributed by atoms with Crippen LogP contribution in [0.25, 0.3) is 0 Å². The summed E-state index contributed by atoms with van der Waals surface area (Å²) in [4.78, 5) is 25.3. The van der Waals surface area contributed by atoms with E-state index in [2.05, 4.69) is 5.32 Å². The maximum Gasteiger partial charge on any atom is 0.325 e. The summed E-state index contributed by atoms with van der Waals surface area (Å²) in [5.74, 6) is -0.872. The number of aliphatic hydroxyl groups excluding tert-OH is 1. The standard InChI is InChI=1S/C16H21FN2O4/c1-3-16(4-2)14(21)19(15(22)18-16)9-11(20)10-23-13-8-6-5-7-12(13)17/h5-8,11,20H,3-4,9-10H2,1-2H3,(H,18,22). The molecule has 0 spiro atoms. The molecule has 1 heterocycles. The van der Waals surface area contributed by atoms with Crippen LogP contribution in [0.15, 0.2) is 24.3 Å². The van der Waals surface area contributed by atoms with Gasteiger partial charge in [0, 0.05) is 0 Å². The van der Waals surface area contributed by atoms with E-state index in [9.17, 15) is 19.1 Å². The van der Waals surface area contributed by atoms with Crippen LogP contribution in [-0.2, 0) is 4.79 Å². The van der Waals surface area contributed by atoms with Crippen LogP contribution in [0.2, 0.25) is 0 Å². The molecule has 1 aromatic rings. The summed E-state index contributed by atoms with van der Waals surface area (Å²) in [7, 11) is 0. The number of hydrogen-bond donors (Lipinski definition) is 2. The number of halogens is 1. The summed E-state index contributed by atoms with van der Waals surface area (Å²) in [5.41, 5.74) is -0.900. The lowest BCUT2D eigenvalue weighted by molar-refractivity contribution is -0.132. The van der Waals surface area contributed by atoms with Gasteiger partial charge in [-0.1, -0.05) is 26.0 Å². The maximum absolute atomic E-state index is 13.4. The van der Waals surface area contributed by atoms with Crippen molar-refractivity contribution in [3.63, 3.8) is 0 Å². The minimum atomic E-state index is -1.10. The third-order valence-electron chi connectivity index (χ3n) is 4.11. The highest BCUT2D eigenvalue weighted by Crippen LogP contribution is 2.25. The number of urea groups is 1. The lowest BCUT2D eigenvalue weighted by Gasteiger charge is -2.24. The van der Waals surface area contributed by atoms with E-state index < -0.39 is 23.5 Å². The Bertz CT molecular complexity index is 589. The van der Waals surface area contributed by atoms with E-state index in [0.717, 1.165) is 4.90 Å². The highest BCUT2D eigenvalue weighted by atomic mass is 19.1. The van der Waals surface area contributed by atoms with Crippen LogP contribution in [0.4, 0.5) is 9.18 Å². The molecule has 126 valence electrons. The van der Waals surface area contributed by atoms with Gasteiger partial charge in [-0.15, -0.1) is 0 Å². The number of benzene rings is 1. The minimum absolute atomic E-state index is 0.0141. The topological polar surface area (TPSA) is 78.9 Å². The molecule has 0 radical (unpaired) electrons. The molecular weight excluding hydrogens is 303 g/mol. The molecular formula is C16H21FN2O4. The summed E-state index contributed by atoms with van der Waals surface area (Å²) in [5, 5.41) is 12.7. The van der Waals surface area contributed by atoms with Crippen molar-refractivity contribution in [1.29, 1.82) is 0 Å². The van der Waals surface area contributed by atoms with Crippen LogP contribution < -0.4 is 10.1 Å². The van der Waals surface area contributed by atoms with Crippen molar-refractivity contribution in [2.24, 2.45) is 0 Å². The molecule has 0 aromatic heterocycles. The number of rotatable bonds is 7. The molecule has 23 heavy (non-hydrogen) atoms. The van der Waals surface area contributed by atoms with E-state index in [1.807, 2.05) is 13.8 Å². The highest BCUT2D eigenvalue weighted by molar-refractivity contribution is 6.07. The normalized spacial score (nSPS) is 18.0. The summed E-state index contributed by atoms with van der Waals surface area (Å²) < 4.78 is 18.6. The zero-order valence-electron chi connectivity index (χ0n) is 13.2. The molecule has 0 bridgehead atoms. The molecule has 1 atom stereocenters. The van der Waals surface area contributed by atoms with Crippen molar-refractivity contribution >= 4 is 11.9 Å². The second kappa shape index (κ2) is 6.95. The molecule has 1 aliphatic heterocycles. The lowest BCUT2D eigenvalue weighted by atomic mass is 9.93. The molecule has 2 N–H and O–H groups in total. The van der Waals surface area contributed by atoms with Gasteiger partial charge >= 0.3 is 6.03 Å². The van der Waals surface area contributed by atoms with Gasteiger partial charge in [-0.05, 0) is 25.0 Å². The number of ether oxygens (including phenoxy) is 1. The first kappa shape index (κ1) is 17.2. The molecule has 6 nitrogen and oxygen atoms in total. The number of nitrogens with zero attached hydrogens (tertiary/aromatic N) is 1. The Balaban J connectivity index is 1.95. The van der Waals surface area contributed by atoms with Crippen LogP contribution in [0, 0.1) is 5.82 Å². The van der Waals surface area contributed by atoms with Crippen molar-refractivity contribution < 1.29 is 23.8 Å². The van der Waals surface area contributed by atoms with Crippen LogP contribution in [0.3, 0.4) is 0 Å². The molecule has 3 amide bonds. The van der Waals surface area contributed by atoms with Gasteiger partial charge in [0.2, 0.25) is 0 Å². The first-order chi connectivity index (χ1) is 10.9. The molecule has 1 saturated heterocycles. The molecule has 7 heteroatoms. The molecule has 2 rings (SSSR count). The van der Waals surface area contributed by atoms with E-state index in [-0.39, 0.29) is 24.8 Å². The second-order valence-electron chi connectivity index (χ2n) is 5.53. The van der Waals surface area contributed by atoms with Crippen molar-refractivity contribution in [1.82, 2.24) is 10.2 Å². The van der Waals surface area contributed by atoms with E-state index in [4.69, 9.17) is 4.74 Å². The number of aliphatic hydroxyl groups is 1. The fraction of sp³-hybridized carbons (Fsp3) is 0.500. The van der Waals surface area contributed by atoms with Gasteiger partial charge < -0.3 is 15.2 Å². The number of amides is 3. The Morgan fingerprint density at radius 2 is 1.96 bits per heavy atom. The quantitative estimate of drug-likeness (QED) is 0.748. The molecule has 0 aliphatic carbocycles. The number of hydrogen-bond acceptors (Lipinski definition) is 4. The van der Waals surface area contributed by atoms with E-state index >= 15 is 0 Å². The summed E-state index contributed by atoms with van der Waals surface area (Å²) >= 11 is 0. The van der Waals surface area contributed by atoms with Gasteiger partial charge in [0.05, 0.1) is 6.54 Å². The third-order valence-corrected chi connectivity index (χ3v) is 4.11. The number of carbonyl (C=O) groups excluding carboxylic acids is 2. The third kappa shape index (κ3) is 3.44. The minimum Gasteiger partial charge on any atom is -0.488 e. The average Bonchev–Trinajstić information content (AvgIpc) is 2.79. The average molecular weight is 324 g/mol. The molecule has 1 aromatic carbocycles. The Kier molecular flexibility index (Phi) is 5.20. The Labute approximate surface area is 134 Å². The van der Waals surface area contributed by atoms with Gasteiger partial charge in [-0.25, -0.2) is 9.18 Å². The Morgan fingerprint density at radius 3 is 2.52 bits per heavy atom. The molecule has 0 saturated carbocycles. The van der Waals surface area contributed by atoms with E-state index in [1.165, 1.54) is 18.2 Å². The number of imide groups is 1. The second-order valence-corrected chi connectivity index (χ2v) is 5.53. The largest absolute Gasteiger partial charge is 0.488 e. The van der Waals surface area contributed by atoms with E-state index in [0.29, 0.717) is 12.8 Å². The monoisotopic (exact) mass is 324 g/mol. The van der Waals surface area contributed by atoms with Crippen LogP contribution >= 0.6 is 0 Å². The van der Waals surface area contributed by atoms with Crippen molar-refractivity contribution in [2.45, 2.75) is 38.3 Å². The fourth-order valence-corrected chi connectivity index (χ4v) is 2.58. The Hall–Kier alpha value is -2.15. The van der Waals surface area contributed by atoms with Gasteiger partial charge in [-0.3, -0.25) is 9.69 Å². The SMILES string of the molecule is CCC1(CC)NC(=O)N(CC(O)COc2ccccc2F)C1=O. The summed E-state index contributed by atoms with van der Waals surface area (Å²) in [6.07, 6.45) is -0.146. The van der Waals surface area contributed by atoms with Crippen molar-refractivity contribution in [3.05, 3.63) is 30.1 Å². The predicted molar refractivity (Wildman–Crippen MR) is 81.5 cm³/mol. The first-order valence-corrected chi connectivity index (χ1v) is 7.63. The summed E-state index contributed by atoms with van der Waals surface area (Å²) in [6.45, 7) is 3.23. The molecule has 1 fully saturated rings. The number of para-hydroxylation sites is 1. The highest BCUT2D eigenvalue weighted by Gasteiger charge is 2.48. The zero-order chi connectivity index (χ0) is 17.0. The smallest absolute Gasteiger partial charge is 0.325 e. The van der Waals surface area contributed by atoms with Gasteiger partial charge in [0.25, 0.3) is 5.91 Å². The van der Waals surface area contributed by atoms with Crippen molar-refractivity contribution in [3.8, 4) is 5.75 Å². The van der Waals surface area contributed by atoms with Gasteiger partial charge in [0.15, 0.2) is 11.6 Å². The fourth-order valence-electron chi connectivity index (χ4n) is 2.58. The lowest BCUT2D eigenvalue weighted by Crippen LogP contribution is -2.46.